The molecule has 0 unspecified atom stereocenters. The van der Waals surface area contributed by atoms with Gasteiger partial charge in [-0.05, 0) is 30.0 Å². The Morgan fingerprint density at radius 3 is 2.44 bits per heavy atom. The van der Waals surface area contributed by atoms with Crippen LogP contribution in [-0.4, -0.2) is 31.4 Å². The molecule has 94 valence electrons. The maximum Gasteiger partial charge on any atom is 0.295 e. The van der Waals surface area contributed by atoms with Gasteiger partial charge in [-0.25, -0.2) is 0 Å². The molecule has 0 radical (unpaired) electrons. The number of nitrogens with zero attached hydrogens (tertiary/aromatic N) is 2. The minimum atomic E-state index is -0.212. The Labute approximate surface area is 111 Å². The van der Waals surface area contributed by atoms with Gasteiger partial charge in [-0.2, -0.15) is 4.99 Å². The number of hydrogen-bond acceptors (Lipinski definition) is 4. The predicted octanol–water partition coefficient (Wildman–Crippen LogP) is 1.94. The Hall–Kier alpha value is -1.75. The minimum absolute atomic E-state index is 0.212. The van der Waals surface area contributed by atoms with E-state index >= 15 is 0 Å². The minimum Gasteiger partial charge on any atom is -0.378 e. The molecule has 0 spiro atoms. The first-order chi connectivity index (χ1) is 8.60. The van der Waals surface area contributed by atoms with Crippen LogP contribution in [0.3, 0.4) is 0 Å². The number of amides is 1. The van der Waals surface area contributed by atoms with E-state index in [9.17, 15) is 4.79 Å². The summed E-state index contributed by atoms with van der Waals surface area (Å²) in [6.45, 7) is 0. The number of carbonyl (C=O) groups is 1. The smallest absolute Gasteiger partial charge is 0.295 e. The van der Waals surface area contributed by atoms with Gasteiger partial charge in [-0.3, -0.25) is 4.79 Å². The molecule has 1 amide bonds. The van der Waals surface area contributed by atoms with Crippen LogP contribution in [0.25, 0.3) is 6.08 Å². The van der Waals surface area contributed by atoms with Gasteiger partial charge >= 0.3 is 0 Å². The molecule has 0 bridgehead atoms. The van der Waals surface area contributed by atoms with Gasteiger partial charge in [0, 0.05) is 19.8 Å². The fourth-order valence-corrected chi connectivity index (χ4v) is 1.97. The van der Waals surface area contributed by atoms with Crippen molar-refractivity contribution in [2.75, 3.05) is 25.3 Å². The third-order valence-corrected chi connectivity index (χ3v) is 3.17. The Morgan fingerprint density at radius 1 is 1.28 bits per heavy atom. The number of thioether (sulfide) groups is 1. The first-order valence-electron chi connectivity index (χ1n) is 5.53. The Kier molecular flexibility index (Phi) is 3.72. The van der Waals surface area contributed by atoms with E-state index in [1.165, 1.54) is 11.8 Å². The second-order valence-electron chi connectivity index (χ2n) is 4.10. The summed E-state index contributed by atoms with van der Waals surface area (Å²) in [4.78, 5) is 17.5. The van der Waals surface area contributed by atoms with Crippen molar-refractivity contribution in [1.82, 2.24) is 5.32 Å². The SMILES string of the molecule is CSC1=NC(=O)C(=Cc2ccc(N(C)C)cc2)N1. The Bertz CT molecular complexity index is 518. The van der Waals surface area contributed by atoms with Crippen LogP contribution in [0.1, 0.15) is 5.56 Å². The molecular weight excluding hydrogens is 246 g/mol. The standard InChI is InChI=1S/C13H15N3OS/c1-16(2)10-6-4-9(5-7-10)8-11-12(17)15-13(14-11)18-3/h4-8H,1-3H3,(H,14,15,17). The molecule has 4 nitrogen and oxygen atoms in total. The fourth-order valence-electron chi connectivity index (χ4n) is 1.58. The summed E-state index contributed by atoms with van der Waals surface area (Å²) < 4.78 is 0. The van der Waals surface area contributed by atoms with E-state index in [1.807, 2.05) is 55.6 Å². The highest BCUT2D eigenvalue weighted by molar-refractivity contribution is 8.13. The largest absolute Gasteiger partial charge is 0.378 e. The van der Waals surface area contributed by atoms with Gasteiger partial charge in [0.15, 0.2) is 5.17 Å². The molecule has 1 heterocycles. The quantitative estimate of drug-likeness (QED) is 0.826. The van der Waals surface area contributed by atoms with E-state index in [0.29, 0.717) is 10.9 Å². The summed E-state index contributed by atoms with van der Waals surface area (Å²) in [5.41, 5.74) is 2.63. The molecule has 2 rings (SSSR count). The third-order valence-electron chi connectivity index (χ3n) is 2.59. The molecule has 1 aromatic rings. The van der Waals surface area contributed by atoms with Crippen molar-refractivity contribution < 1.29 is 4.79 Å². The first-order valence-corrected chi connectivity index (χ1v) is 6.76. The van der Waals surface area contributed by atoms with Gasteiger partial charge < -0.3 is 10.2 Å². The molecule has 1 aromatic carbocycles. The molecule has 1 aliphatic heterocycles. The number of nitrogens with one attached hydrogen (secondary N) is 1. The Balaban J connectivity index is 2.17. The zero-order valence-corrected chi connectivity index (χ0v) is 11.4. The average molecular weight is 261 g/mol. The first kappa shape index (κ1) is 12.7. The van der Waals surface area contributed by atoms with Crippen molar-refractivity contribution in [2.45, 2.75) is 0 Å². The number of anilines is 1. The van der Waals surface area contributed by atoms with E-state index in [2.05, 4.69) is 10.3 Å². The van der Waals surface area contributed by atoms with Gasteiger partial charge in [0.25, 0.3) is 5.91 Å². The zero-order valence-electron chi connectivity index (χ0n) is 10.6. The number of amidine groups is 1. The summed E-state index contributed by atoms with van der Waals surface area (Å²) in [6.07, 6.45) is 3.70. The average Bonchev–Trinajstić information content (AvgIpc) is 2.71. The second kappa shape index (κ2) is 5.27. The van der Waals surface area contributed by atoms with Crippen molar-refractivity contribution in [3.63, 3.8) is 0 Å². The van der Waals surface area contributed by atoms with Crippen LogP contribution in [0.4, 0.5) is 5.69 Å². The van der Waals surface area contributed by atoms with Crippen molar-refractivity contribution in [2.24, 2.45) is 4.99 Å². The van der Waals surface area contributed by atoms with Gasteiger partial charge in [0.1, 0.15) is 5.70 Å². The van der Waals surface area contributed by atoms with E-state index in [4.69, 9.17) is 0 Å². The molecule has 1 N–H and O–H groups in total. The second-order valence-corrected chi connectivity index (χ2v) is 4.89. The third kappa shape index (κ3) is 2.73. The zero-order chi connectivity index (χ0) is 13.1. The summed E-state index contributed by atoms with van der Waals surface area (Å²) in [5, 5.41) is 3.64. The van der Waals surface area contributed by atoms with Gasteiger partial charge in [-0.1, -0.05) is 23.9 Å². The van der Waals surface area contributed by atoms with E-state index in [1.54, 1.807) is 0 Å². The monoisotopic (exact) mass is 261 g/mol. The summed E-state index contributed by atoms with van der Waals surface area (Å²) in [5.74, 6) is -0.212. The molecule has 5 heteroatoms. The molecule has 0 fully saturated rings. The summed E-state index contributed by atoms with van der Waals surface area (Å²) in [7, 11) is 3.99. The normalized spacial score (nSPS) is 16.7. The molecule has 0 saturated heterocycles. The van der Waals surface area contributed by atoms with Gasteiger partial charge in [0.2, 0.25) is 0 Å². The number of rotatable bonds is 2. The Morgan fingerprint density at radius 2 is 1.94 bits per heavy atom. The molecule has 0 saturated carbocycles. The molecule has 0 atom stereocenters. The highest BCUT2D eigenvalue weighted by atomic mass is 32.2. The molecule has 18 heavy (non-hydrogen) atoms. The van der Waals surface area contributed by atoms with Crippen LogP contribution in [0.2, 0.25) is 0 Å². The van der Waals surface area contributed by atoms with E-state index < -0.39 is 0 Å². The van der Waals surface area contributed by atoms with Crippen LogP contribution < -0.4 is 10.2 Å². The lowest BCUT2D eigenvalue weighted by Crippen LogP contribution is -2.14. The van der Waals surface area contributed by atoms with Gasteiger partial charge in [0.05, 0.1) is 0 Å². The number of aliphatic imine (C=N–C) groups is 1. The summed E-state index contributed by atoms with van der Waals surface area (Å²) >= 11 is 1.43. The maximum atomic E-state index is 11.6. The summed E-state index contributed by atoms with van der Waals surface area (Å²) in [6, 6.07) is 7.99. The molecule has 0 aromatic heterocycles. The van der Waals surface area contributed by atoms with E-state index in [0.717, 1.165) is 11.3 Å². The van der Waals surface area contributed by atoms with Crippen LogP contribution in [0.15, 0.2) is 35.0 Å². The van der Waals surface area contributed by atoms with Crippen LogP contribution in [0.5, 0.6) is 0 Å². The van der Waals surface area contributed by atoms with Crippen molar-refractivity contribution >= 4 is 34.6 Å². The molecular formula is C13H15N3OS. The number of carbonyl (C=O) groups excluding carboxylic acids is 1. The lowest BCUT2D eigenvalue weighted by molar-refractivity contribution is -0.114. The van der Waals surface area contributed by atoms with Crippen molar-refractivity contribution in [3.05, 3.63) is 35.5 Å². The topological polar surface area (TPSA) is 44.7 Å². The van der Waals surface area contributed by atoms with Crippen LogP contribution in [-0.2, 0) is 4.79 Å². The van der Waals surface area contributed by atoms with Crippen molar-refractivity contribution in [3.8, 4) is 0 Å². The maximum absolute atomic E-state index is 11.6. The number of benzene rings is 1. The predicted molar refractivity (Wildman–Crippen MR) is 77.8 cm³/mol. The lowest BCUT2D eigenvalue weighted by Gasteiger charge is -2.11. The highest BCUT2D eigenvalue weighted by Gasteiger charge is 2.18. The van der Waals surface area contributed by atoms with Gasteiger partial charge in [-0.15, -0.1) is 0 Å². The lowest BCUT2D eigenvalue weighted by atomic mass is 10.1. The van der Waals surface area contributed by atoms with Crippen LogP contribution in [0, 0.1) is 0 Å². The van der Waals surface area contributed by atoms with Crippen LogP contribution >= 0.6 is 11.8 Å². The van der Waals surface area contributed by atoms with E-state index in [-0.39, 0.29) is 5.91 Å². The number of hydrogen-bond donors (Lipinski definition) is 1. The van der Waals surface area contributed by atoms with Crippen molar-refractivity contribution in [1.29, 1.82) is 0 Å². The fraction of sp³-hybridized carbons (Fsp3) is 0.231. The highest BCUT2D eigenvalue weighted by Crippen LogP contribution is 2.16. The molecule has 0 aliphatic carbocycles. The molecule has 1 aliphatic rings.